The van der Waals surface area contributed by atoms with Crippen LogP contribution in [0.5, 0.6) is 5.75 Å². The van der Waals surface area contributed by atoms with Gasteiger partial charge in [0.1, 0.15) is 5.75 Å². The smallest absolute Gasteiger partial charge is 0.227 e. The molecule has 122 valence electrons. The molecule has 2 aromatic rings. The molecule has 0 saturated carbocycles. The highest BCUT2D eigenvalue weighted by Crippen LogP contribution is 2.27. The molecule has 3 rings (SSSR count). The van der Waals surface area contributed by atoms with Crippen LogP contribution in [-0.2, 0) is 11.2 Å². The molecule has 0 radical (unpaired) electrons. The molecular weight excluding hydrogens is 290 g/mol. The number of hydrogen-bond acceptors (Lipinski definition) is 3. The van der Waals surface area contributed by atoms with Gasteiger partial charge in [0.2, 0.25) is 5.91 Å². The Labute approximate surface area is 136 Å². The van der Waals surface area contributed by atoms with Crippen molar-refractivity contribution in [2.45, 2.75) is 32.1 Å². The van der Waals surface area contributed by atoms with Gasteiger partial charge in [0.05, 0.1) is 19.2 Å². The summed E-state index contributed by atoms with van der Waals surface area (Å²) in [5, 5.41) is 7.36. The highest BCUT2D eigenvalue weighted by molar-refractivity contribution is 5.79. The number of piperidine rings is 1. The number of para-hydroxylation sites is 1. The first kappa shape index (κ1) is 15.6. The van der Waals surface area contributed by atoms with Crippen molar-refractivity contribution in [1.29, 1.82) is 0 Å². The van der Waals surface area contributed by atoms with Crippen LogP contribution in [0.15, 0.2) is 30.3 Å². The molecule has 1 atom stereocenters. The van der Waals surface area contributed by atoms with Crippen molar-refractivity contribution < 1.29 is 9.53 Å². The Morgan fingerprint density at radius 1 is 1.43 bits per heavy atom. The van der Waals surface area contributed by atoms with Crippen LogP contribution in [0.25, 0.3) is 0 Å². The van der Waals surface area contributed by atoms with Gasteiger partial charge in [-0.05, 0) is 31.9 Å². The van der Waals surface area contributed by atoms with Gasteiger partial charge in [0.15, 0.2) is 0 Å². The van der Waals surface area contributed by atoms with E-state index in [1.54, 1.807) is 7.11 Å². The normalized spacial score (nSPS) is 18.0. The Hall–Kier alpha value is -2.30. The summed E-state index contributed by atoms with van der Waals surface area (Å²) in [7, 11) is 1.64. The lowest BCUT2D eigenvalue weighted by Gasteiger charge is -2.32. The predicted molar refractivity (Wildman–Crippen MR) is 88.6 cm³/mol. The second-order valence-electron chi connectivity index (χ2n) is 6.14. The molecule has 5 nitrogen and oxygen atoms in total. The highest BCUT2D eigenvalue weighted by atomic mass is 16.5. The van der Waals surface area contributed by atoms with E-state index in [9.17, 15) is 4.79 Å². The van der Waals surface area contributed by atoms with Crippen LogP contribution in [0.4, 0.5) is 0 Å². The number of benzene rings is 1. The van der Waals surface area contributed by atoms with Crippen LogP contribution in [0.3, 0.4) is 0 Å². The largest absolute Gasteiger partial charge is 0.496 e. The molecule has 1 fully saturated rings. The number of aryl methyl sites for hydroxylation is 1. The van der Waals surface area contributed by atoms with Gasteiger partial charge in [-0.15, -0.1) is 0 Å². The number of H-pyrrole nitrogens is 1. The van der Waals surface area contributed by atoms with E-state index >= 15 is 0 Å². The van der Waals surface area contributed by atoms with E-state index in [0.717, 1.165) is 48.6 Å². The minimum Gasteiger partial charge on any atom is -0.496 e. The van der Waals surface area contributed by atoms with Crippen molar-refractivity contribution in [1.82, 2.24) is 15.1 Å². The molecule has 0 bridgehead atoms. The van der Waals surface area contributed by atoms with Gasteiger partial charge in [0.25, 0.3) is 0 Å². The van der Waals surface area contributed by atoms with Crippen molar-refractivity contribution in [2.24, 2.45) is 0 Å². The molecule has 1 amide bonds. The molecule has 1 aromatic carbocycles. The van der Waals surface area contributed by atoms with E-state index in [1.165, 1.54) is 0 Å². The molecule has 1 N–H and O–H groups in total. The first-order chi connectivity index (χ1) is 11.2. The fourth-order valence-electron chi connectivity index (χ4n) is 3.22. The zero-order valence-electron chi connectivity index (χ0n) is 13.7. The van der Waals surface area contributed by atoms with E-state index < -0.39 is 0 Å². The molecule has 1 aliphatic rings. The third-order valence-electron chi connectivity index (χ3n) is 4.45. The summed E-state index contributed by atoms with van der Waals surface area (Å²) in [5.74, 6) is 1.26. The number of nitrogens with zero attached hydrogens (tertiary/aromatic N) is 2. The molecule has 23 heavy (non-hydrogen) atoms. The number of carbonyl (C=O) groups excluding carboxylic acids is 1. The van der Waals surface area contributed by atoms with Crippen molar-refractivity contribution in [2.75, 3.05) is 20.2 Å². The zero-order valence-corrected chi connectivity index (χ0v) is 13.7. The number of carbonyl (C=O) groups is 1. The number of hydrogen-bond donors (Lipinski definition) is 1. The number of likely N-dealkylation sites (tertiary alicyclic amines) is 1. The van der Waals surface area contributed by atoms with Crippen LogP contribution in [0, 0.1) is 6.92 Å². The number of ether oxygens (including phenoxy) is 1. The first-order valence-electron chi connectivity index (χ1n) is 8.09. The number of amides is 1. The summed E-state index contributed by atoms with van der Waals surface area (Å²) in [4.78, 5) is 14.6. The van der Waals surface area contributed by atoms with Gasteiger partial charge in [-0.1, -0.05) is 18.2 Å². The van der Waals surface area contributed by atoms with Crippen LogP contribution >= 0.6 is 0 Å². The average Bonchev–Trinajstić information content (AvgIpc) is 3.02. The van der Waals surface area contributed by atoms with E-state index in [2.05, 4.69) is 16.3 Å². The average molecular weight is 313 g/mol. The second kappa shape index (κ2) is 6.86. The van der Waals surface area contributed by atoms with Crippen LogP contribution < -0.4 is 4.74 Å². The summed E-state index contributed by atoms with van der Waals surface area (Å²) in [5.41, 5.74) is 3.08. The Kier molecular flexibility index (Phi) is 4.65. The van der Waals surface area contributed by atoms with Gasteiger partial charge in [-0.25, -0.2) is 0 Å². The van der Waals surface area contributed by atoms with E-state index in [-0.39, 0.29) is 5.91 Å². The number of methoxy groups -OCH3 is 1. The molecule has 5 heteroatoms. The monoisotopic (exact) mass is 313 g/mol. The summed E-state index contributed by atoms with van der Waals surface area (Å²) in [6.45, 7) is 3.58. The number of nitrogens with one attached hydrogen (secondary N) is 1. The van der Waals surface area contributed by atoms with Crippen LogP contribution in [0.1, 0.15) is 35.7 Å². The van der Waals surface area contributed by atoms with E-state index in [4.69, 9.17) is 4.74 Å². The highest BCUT2D eigenvalue weighted by Gasteiger charge is 2.26. The molecular formula is C18H23N3O2. The number of rotatable bonds is 4. The van der Waals surface area contributed by atoms with Crippen LogP contribution in [-0.4, -0.2) is 41.2 Å². The van der Waals surface area contributed by atoms with Crippen molar-refractivity contribution in [3.05, 3.63) is 47.3 Å². The summed E-state index contributed by atoms with van der Waals surface area (Å²) < 4.78 is 5.34. The molecule has 1 aromatic heterocycles. The maximum absolute atomic E-state index is 12.7. The quantitative estimate of drug-likeness (QED) is 0.944. The van der Waals surface area contributed by atoms with Gasteiger partial charge in [0, 0.05) is 30.3 Å². The molecule has 0 unspecified atom stereocenters. The third kappa shape index (κ3) is 3.55. The van der Waals surface area contributed by atoms with E-state index in [0.29, 0.717) is 12.3 Å². The Morgan fingerprint density at radius 2 is 2.26 bits per heavy atom. The van der Waals surface area contributed by atoms with Gasteiger partial charge < -0.3 is 9.64 Å². The SMILES string of the molecule is COc1ccccc1CC(=O)N1CCC[C@@H](c2cc(C)[nH]n2)C1. The predicted octanol–water partition coefficient (Wildman–Crippen LogP) is 2.68. The summed E-state index contributed by atoms with van der Waals surface area (Å²) in [6, 6.07) is 9.79. The molecule has 0 aliphatic carbocycles. The molecule has 2 heterocycles. The van der Waals surface area contributed by atoms with Crippen molar-refractivity contribution in [3.8, 4) is 5.75 Å². The fourth-order valence-corrected chi connectivity index (χ4v) is 3.22. The Balaban J connectivity index is 1.67. The first-order valence-corrected chi connectivity index (χ1v) is 8.09. The fraction of sp³-hybridized carbons (Fsp3) is 0.444. The van der Waals surface area contributed by atoms with Gasteiger partial charge in [-0.3, -0.25) is 9.89 Å². The van der Waals surface area contributed by atoms with Crippen LogP contribution in [0.2, 0.25) is 0 Å². The number of aromatic nitrogens is 2. The third-order valence-corrected chi connectivity index (χ3v) is 4.45. The minimum absolute atomic E-state index is 0.159. The van der Waals surface area contributed by atoms with Gasteiger partial charge >= 0.3 is 0 Å². The standard InChI is InChI=1S/C18H23N3O2/c1-13-10-16(20-19-13)15-7-5-9-21(12-15)18(22)11-14-6-3-4-8-17(14)23-2/h3-4,6,8,10,15H,5,7,9,11-12H2,1-2H3,(H,19,20)/t15-/m1/s1. The van der Waals surface area contributed by atoms with Crippen molar-refractivity contribution >= 4 is 5.91 Å². The summed E-state index contributed by atoms with van der Waals surface area (Å²) >= 11 is 0. The zero-order chi connectivity index (χ0) is 16.2. The Bertz CT molecular complexity index is 680. The number of aromatic amines is 1. The lowest BCUT2D eigenvalue weighted by molar-refractivity contribution is -0.131. The lowest BCUT2D eigenvalue weighted by Crippen LogP contribution is -2.40. The van der Waals surface area contributed by atoms with Gasteiger partial charge in [-0.2, -0.15) is 5.10 Å². The topological polar surface area (TPSA) is 58.2 Å². The molecule has 1 saturated heterocycles. The molecule has 0 spiro atoms. The summed E-state index contributed by atoms with van der Waals surface area (Å²) in [6.07, 6.45) is 2.49. The maximum Gasteiger partial charge on any atom is 0.227 e. The lowest BCUT2D eigenvalue weighted by atomic mass is 9.94. The minimum atomic E-state index is 0.159. The Morgan fingerprint density at radius 3 is 3.00 bits per heavy atom. The second-order valence-corrected chi connectivity index (χ2v) is 6.14. The van der Waals surface area contributed by atoms with E-state index in [1.807, 2.05) is 36.1 Å². The maximum atomic E-state index is 12.7. The van der Waals surface area contributed by atoms with Crippen molar-refractivity contribution in [3.63, 3.8) is 0 Å². The molecule has 1 aliphatic heterocycles.